The van der Waals surface area contributed by atoms with Gasteiger partial charge in [0.2, 0.25) is 15.9 Å². The molecule has 0 radical (unpaired) electrons. The van der Waals surface area contributed by atoms with Crippen molar-refractivity contribution >= 4 is 37.4 Å². The molecule has 7 nitrogen and oxygen atoms in total. The molecule has 0 unspecified atom stereocenters. The first-order valence-electron chi connectivity index (χ1n) is 7.39. The van der Waals surface area contributed by atoms with Crippen LogP contribution < -0.4 is 5.32 Å². The van der Waals surface area contributed by atoms with Crippen molar-refractivity contribution < 1.29 is 21.6 Å². The SMILES string of the molecule is CCN(CC(=O)N[C@H]1CCS(=O)(=O)C1)S(=O)(=O)c1ccc(Cl)cc1. The first-order chi connectivity index (χ1) is 11.1. The molecular weight excluding hydrogens is 376 g/mol. The van der Waals surface area contributed by atoms with E-state index in [2.05, 4.69) is 5.32 Å². The number of likely N-dealkylation sites (N-methyl/N-ethyl adjacent to an activating group) is 1. The van der Waals surface area contributed by atoms with E-state index in [-0.39, 0.29) is 29.5 Å². The van der Waals surface area contributed by atoms with Gasteiger partial charge in [0.15, 0.2) is 9.84 Å². The molecule has 24 heavy (non-hydrogen) atoms. The summed E-state index contributed by atoms with van der Waals surface area (Å²) >= 11 is 5.76. The summed E-state index contributed by atoms with van der Waals surface area (Å²) in [6, 6.07) is 5.22. The molecule has 0 aliphatic carbocycles. The first-order valence-corrected chi connectivity index (χ1v) is 11.0. The second-order valence-corrected chi connectivity index (χ2v) is 10.2. The largest absolute Gasteiger partial charge is 0.351 e. The van der Waals surface area contributed by atoms with Crippen LogP contribution in [0.15, 0.2) is 29.2 Å². The van der Waals surface area contributed by atoms with Gasteiger partial charge in [0.05, 0.1) is 22.9 Å². The molecule has 1 aromatic carbocycles. The Morgan fingerprint density at radius 2 is 1.96 bits per heavy atom. The molecule has 1 atom stereocenters. The summed E-state index contributed by atoms with van der Waals surface area (Å²) in [5.74, 6) is -0.579. The van der Waals surface area contributed by atoms with Gasteiger partial charge in [0.25, 0.3) is 0 Å². The number of hydrogen-bond donors (Lipinski definition) is 1. The number of nitrogens with zero attached hydrogens (tertiary/aromatic N) is 1. The number of nitrogens with one attached hydrogen (secondary N) is 1. The lowest BCUT2D eigenvalue weighted by molar-refractivity contribution is -0.121. The lowest BCUT2D eigenvalue weighted by Crippen LogP contribution is -2.44. The van der Waals surface area contributed by atoms with E-state index < -0.39 is 31.8 Å². The van der Waals surface area contributed by atoms with Crippen LogP contribution in [-0.2, 0) is 24.7 Å². The number of halogens is 1. The van der Waals surface area contributed by atoms with Crippen molar-refractivity contribution in [3.05, 3.63) is 29.3 Å². The Bertz CT molecular complexity index is 806. The number of hydrogen-bond acceptors (Lipinski definition) is 5. The predicted molar refractivity (Wildman–Crippen MR) is 91.1 cm³/mol. The maximum Gasteiger partial charge on any atom is 0.243 e. The molecule has 1 heterocycles. The van der Waals surface area contributed by atoms with Crippen LogP contribution in [0.4, 0.5) is 0 Å². The van der Waals surface area contributed by atoms with E-state index in [4.69, 9.17) is 11.6 Å². The topological polar surface area (TPSA) is 101 Å². The van der Waals surface area contributed by atoms with Gasteiger partial charge in [0.1, 0.15) is 0 Å². The fraction of sp³-hybridized carbons (Fsp3) is 0.500. The maximum absolute atomic E-state index is 12.6. The average Bonchev–Trinajstić information content (AvgIpc) is 2.83. The Labute approximate surface area is 147 Å². The minimum atomic E-state index is -3.82. The highest BCUT2D eigenvalue weighted by atomic mass is 35.5. The monoisotopic (exact) mass is 394 g/mol. The molecule has 0 aromatic heterocycles. The van der Waals surface area contributed by atoms with Crippen LogP contribution in [-0.4, -0.2) is 57.7 Å². The summed E-state index contributed by atoms with van der Waals surface area (Å²) < 4.78 is 49.0. The summed E-state index contributed by atoms with van der Waals surface area (Å²) in [5, 5.41) is 3.00. The standard InChI is InChI=1S/C14H19ClN2O5S2/c1-2-17(24(21,22)13-5-3-11(15)4-6-13)9-14(18)16-12-7-8-23(19,20)10-12/h3-6,12H,2,7-10H2,1H3,(H,16,18)/t12-/m0/s1. The third-order valence-electron chi connectivity index (χ3n) is 3.72. The molecule has 1 aliphatic rings. The summed E-state index contributed by atoms with van der Waals surface area (Å²) in [6.45, 7) is 1.38. The summed E-state index contributed by atoms with van der Waals surface area (Å²) in [5.41, 5.74) is 0. The van der Waals surface area contributed by atoms with Gasteiger partial charge in [0, 0.05) is 17.6 Å². The van der Waals surface area contributed by atoms with Crippen LogP contribution in [0.3, 0.4) is 0 Å². The zero-order valence-electron chi connectivity index (χ0n) is 13.1. The molecule has 1 aliphatic heterocycles. The molecule has 2 rings (SSSR count). The molecule has 10 heteroatoms. The number of sulfone groups is 1. The van der Waals surface area contributed by atoms with Gasteiger partial charge in [-0.2, -0.15) is 4.31 Å². The van der Waals surface area contributed by atoms with E-state index in [0.29, 0.717) is 11.4 Å². The van der Waals surface area contributed by atoms with E-state index in [1.54, 1.807) is 6.92 Å². The van der Waals surface area contributed by atoms with Crippen molar-refractivity contribution in [2.75, 3.05) is 24.6 Å². The Morgan fingerprint density at radius 1 is 1.33 bits per heavy atom. The van der Waals surface area contributed by atoms with Gasteiger partial charge in [-0.25, -0.2) is 16.8 Å². The third-order valence-corrected chi connectivity index (χ3v) is 7.68. The normalized spacial score (nSPS) is 20.2. The quantitative estimate of drug-likeness (QED) is 0.763. The predicted octanol–water partition coefficient (Wildman–Crippen LogP) is 0.654. The van der Waals surface area contributed by atoms with Crippen molar-refractivity contribution in [3.63, 3.8) is 0 Å². The highest BCUT2D eigenvalue weighted by Gasteiger charge is 2.31. The molecule has 1 saturated heterocycles. The van der Waals surface area contributed by atoms with Crippen LogP contribution in [0.25, 0.3) is 0 Å². The highest BCUT2D eigenvalue weighted by Crippen LogP contribution is 2.18. The Hall–Kier alpha value is -1.16. The van der Waals surface area contributed by atoms with Crippen LogP contribution >= 0.6 is 11.6 Å². The molecule has 1 amide bonds. The molecule has 1 aromatic rings. The summed E-state index contributed by atoms with van der Waals surface area (Å²) in [6.07, 6.45) is 0.351. The van der Waals surface area contributed by atoms with Crippen LogP contribution in [0.5, 0.6) is 0 Å². The van der Waals surface area contributed by atoms with Gasteiger partial charge >= 0.3 is 0 Å². The van der Waals surface area contributed by atoms with Crippen molar-refractivity contribution in [3.8, 4) is 0 Å². The smallest absolute Gasteiger partial charge is 0.243 e. The fourth-order valence-corrected chi connectivity index (χ4v) is 5.67. The summed E-state index contributed by atoms with van der Waals surface area (Å²) in [7, 11) is -6.93. The number of amides is 1. The molecule has 1 N–H and O–H groups in total. The van der Waals surface area contributed by atoms with Gasteiger partial charge in [-0.1, -0.05) is 18.5 Å². The van der Waals surface area contributed by atoms with Crippen molar-refractivity contribution in [1.82, 2.24) is 9.62 Å². The minimum absolute atomic E-state index is 0.0402. The van der Waals surface area contributed by atoms with E-state index >= 15 is 0 Å². The molecule has 134 valence electrons. The number of rotatable bonds is 6. The van der Waals surface area contributed by atoms with Crippen molar-refractivity contribution in [2.45, 2.75) is 24.3 Å². The number of benzene rings is 1. The molecule has 1 fully saturated rings. The minimum Gasteiger partial charge on any atom is -0.351 e. The van der Waals surface area contributed by atoms with E-state index in [1.165, 1.54) is 24.3 Å². The van der Waals surface area contributed by atoms with Crippen LogP contribution in [0.1, 0.15) is 13.3 Å². The fourth-order valence-electron chi connectivity index (χ4n) is 2.46. The van der Waals surface area contributed by atoms with Crippen LogP contribution in [0.2, 0.25) is 5.02 Å². The van der Waals surface area contributed by atoms with Gasteiger partial charge in [-0.05, 0) is 30.7 Å². The van der Waals surface area contributed by atoms with E-state index in [0.717, 1.165) is 4.31 Å². The number of sulfonamides is 1. The van der Waals surface area contributed by atoms with Gasteiger partial charge in [-0.15, -0.1) is 0 Å². The Balaban J connectivity index is 2.05. The zero-order chi connectivity index (χ0) is 18.0. The van der Waals surface area contributed by atoms with E-state index in [9.17, 15) is 21.6 Å². The molecule has 0 saturated carbocycles. The first kappa shape index (κ1) is 19.2. The van der Waals surface area contributed by atoms with Crippen LogP contribution in [0, 0.1) is 0 Å². The lowest BCUT2D eigenvalue weighted by Gasteiger charge is -2.21. The number of carbonyl (C=O) groups excluding carboxylic acids is 1. The lowest BCUT2D eigenvalue weighted by atomic mass is 10.2. The average molecular weight is 395 g/mol. The Kier molecular flexibility index (Phi) is 5.90. The second kappa shape index (κ2) is 7.38. The highest BCUT2D eigenvalue weighted by molar-refractivity contribution is 7.91. The molecular formula is C14H19ClN2O5S2. The third kappa shape index (κ3) is 4.69. The maximum atomic E-state index is 12.6. The van der Waals surface area contributed by atoms with Crippen molar-refractivity contribution in [1.29, 1.82) is 0 Å². The van der Waals surface area contributed by atoms with Gasteiger partial charge in [-0.3, -0.25) is 4.79 Å². The summed E-state index contributed by atoms with van der Waals surface area (Å²) in [4.78, 5) is 12.1. The van der Waals surface area contributed by atoms with Crippen molar-refractivity contribution in [2.24, 2.45) is 0 Å². The van der Waals surface area contributed by atoms with E-state index in [1.807, 2.05) is 0 Å². The zero-order valence-corrected chi connectivity index (χ0v) is 15.5. The second-order valence-electron chi connectivity index (χ2n) is 5.55. The number of carbonyl (C=O) groups is 1. The molecule has 0 spiro atoms. The van der Waals surface area contributed by atoms with Gasteiger partial charge < -0.3 is 5.32 Å². The Morgan fingerprint density at radius 3 is 2.46 bits per heavy atom. The molecule has 0 bridgehead atoms.